The number of benzene rings is 2. The molecule has 3 rings (SSSR count). The molecule has 2 aromatic rings. The van der Waals surface area contributed by atoms with Crippen LogP contribution in [0, 0.1) is 5.92 Å². The number of ketones is 1. The molecule has 0 saturated carbocycles. The topological polar surface area (TPSA) is 84.0 Å². The molecule has 8 heteroatoms. The van der Waals surface area contributed by atoms with Crippen LogP contribution in [0.4, 0.5) is 0 Å². The normalized spacial score (nSPS) is 15.6. The molecule has 1 fully saturated rings. The fraction of sp³-hybridized carbons (Fsp3) is 0.417. The number of rotatable bonds is 9. The fourth-order valence-corrected chi connectivity index (χ4v) is 5.37. The SMILES string of the molecule is CCOC(=O)C1CCN(S(=O)(=O)c2cccc(C(=O)CN(C)Cc3ccccc3)c2)CC1. The highest BCUT2D eigenvalue weighted by atomic mass is 32.2. The Labute approximate surface area is 190 Å². The van der Waals surface area contributed by atoms with Gasteiger partial charge in [-0.05, 0) is 44.5 Å². The summed E-state index contributed by atoms with van der Waals surface area (Å²) in [5.41, 5.74) is 1.47. The smallest absolute Gasteiger partial charge is 0.309 e. The van der Waals surface area contributed by atoms with Crippen molar-refractivity contribution in [2.75, 3.05) is 33.3 Å². The van der Waals surface area contributed by atoms with Gasteiger partial charge in [0.2, 0.25) is 10.0 Å². The largest absolute Gasteiger partial charge is 0.466 e. The van der Waals surface area contributed by atoms with E-state index in [4.69, 9.17) is 4.74 Å². The van der Waals surface area contributed by atoms with Gasteiger partial charge in [-0.25, -0.2) is 8.42 Å². The molecule has 0 unspecified atom stereocenters. The van der Waals surface area contributed by atoms with E-state index in [-0.39, 0.29) is 42.2 Å². The molecule has 32 heavy (non-hydrogen) atoms. The lowest BCUT2D eigenvalue weighted by molar-refractivity contribution is -0.149. The van der Waals surface area contributed by atoms with Crippen molar-refractivity contribution < 1.29 is 22.7 Å². The number of carbonyl (C=O) groups excluding carboxylic acids is 2. The number of hydrogen-bond donors (Lipinski definition) is 0. The van der Waals surface area contributed by atoms with Gasteiger partial charge in [0.25, 0.3) is 0 Å². The highest BCUT2D eigenvalue weighted by Gasteiger charge is 2.33. The zero-order valence-corrected chi connectivity index (χ0v) is 19.4. The average molecular weight is 459 g/mol. The summed E-state index contributed by atoms with van der Waals surface area (Å²) in [4.78, 5) is 26.7. The summed E-state index contributed by atoms with van der Waals surface area (Å²) in [5, 5.41) is 0. The minimum Gasteiger partial charge on any atom is -0.466 e. The number of hydrogen-bond acceptors (Lipinski definition) is 6. The van der Waals surface area contributed by atoms with Gasteiger partial charge in [0, 0.05) is 25.2 Å². The maximum absolute atomic E-state index is 13.1. The number of likely N-dealkylation sites (N-methyl/N-ethyl adjacent to an activating group) is 1. The van der Waals surface area contributed by atoms with Crippen molar-refractivity contribution >= 4 is 21.8 Å². The minimum atomic E-state index is -3.74. The number of ether oxygens (including phenoxy) is 1. The quantitative estimate of drug-likeness (QED) is 0.424. The van der Waals surface area contributed by atoms with Crippen molar-refractivity contribution in [3.05, 3.63) is 65.7 Å². The van der Waals surface area contributed by atoms with Crippen LogP contribution in [0.5, 0.6) is 0 Å². The second-order valence-electron chi connectivity index (χ2n) is 8.04. The van der Waals surface area contributed by atoms with Crippen LogP contribution in [0.25, 0.3) is 0 Å². The Morgan fingerprint density at radius 1 is 1.06 bits per heavy atom. The van der Waals surface area contributed by atoms with Gasteiger partial charge in [0.15, 0.2) is 5.78 Å². The number of piperidine rings is 1. The van der Waals surface area contributed by atoms with E-state index in [9.17, 15) is 18.0 Å². The Morgan fingerprint density at radius 3 is 2.41 bits per heavy atom. The van der Waals surface area contributed by atoms with Crippen LogP contribution in [-0.2, 0) is 26.1 Å². The molecule has 1 heterocycles. The number of esters is 1. The van der Waals surface area contributed by atoms with Gasteiger partial charge in [-0.2, -0.15) is 4.31 Å². The van der Waals surface area contributed by atoms with Gasteiger partial charge in [-0.1, -0.05) is 42.5 Å². The van der Waals surface area contributed by atoms with E-state index in [1.165, 1.54) is 16.4 Å². The summed E-state index contributed by atoms with van der Waals surface area (Å²) in [6.07, 6.45) is 0.863. The zero-order chi connectivity index (χ0) is 23.1. The standard InChI is InChI=1S/C24H30N2O5S/c1-3-31-24(28)20-12-14-26(15-13-20)32(29,30)22-11-7-10-21(16-22)23(27)18-25(2)17-19-8-5-4-6-9-19/h4-11,16,20H,3,12-15,17-18H2,1-2H3. The average Bonchev–Trinajstić information content (AvgIpc) is 2.80. The van der Waals surface area contributed by atoms with Crippen molar-refractivity contribution in [1.29, 1.82) is 0 Å². The van der Waals surface area contributed by atoms with Crippen LogP contribution in [-0.4, -0.2) is 62.7 Å². The van der Waals surface area contributed by atoms with Gasteiger partial charge in [0.1, 0.15) is 0 Å². The van der Waals surface area contributed by atoms with Gasteiger partial charge in [-0.3, -0.25) is 14.5 Å². The van der Waals surface area contributed by atoms with Crippen LogP contribution in [0.15, 0.2) is 59.5 Å². The summed E-state index contributed by atoms with van der Waals surface area (Å²) in [6.45, 7) is 3.39. The Hall–Kier alpha value is -2.55. The predicted molar refractivity (Wildman–Crippen MR) is 122 cm³/mol. The predicted octanol–water partition coefficient (Wildman–Crippen LogP) is 2.97. The Morgan fingerprint density at radius 2 is 1.75 bits per heavy atom. The Kier molecular flexibility index (Phi) is 8.17. The molecule has 172 valence electrons. The van der Waals surface area contributed by atoms with E-state index in [0.717, 1.165) is 5.56 Å². The first-order chi connectivity index (χ1) is 15.3. The molecule has 0 aliphatic carbocycles. The molecular weight excluding hydrogens is 428 g/mol. The second kappa shape index (κ2) is 10.8. The monoisotopic (exact) mass is 458 g/mol. The number of Topliss-reactive ketones (excluding diaryl/α,β-unsaturated/α-hetero) is 1. The Balaban J connectivity index is 1.64. The van der Waals surface area contributed by atoms with E-state index in [1.54, 1.807) is 19.1 Å². The van der Waals surface area contributed by atoms with Gasteiger partial charge in [0.05, 0.1) is 24.0 Å². The molecule has 0 radical (unpaired) electrons. The summed E-state index contributed by atoms with van der Waals surface area (Å²) in [7, 11) is -1.88. The van der Waals surface area contributed by atoms with Crippen LogP contribution < -0.4 is 0 Å². The molecule has 1 saturated heterocycles. The molecule has 2 aromatic carbocycles. The first kappa shape index (κ1) is 24.1. The molecule has 7 nitrogen and oxygen atoms in total. The van der Waals surface area contributed by atoms with Gasteiger partial charge in [-0.15, -0.1) is 0 Å². The highest BCUT2D eigenvalue weighted by molar-refractivity contribution is 7.89. The highest BCUT2D eigenvalue weighted by Crippen LogP contribution is 2.25. The fourth-order valence-electron chi connectivity index (χ4n) is 3.86. The maximum atomic E-state index is 13.1. The van der Waals surface area contributed by atoms with Crippen LogP contribution in [0.3, 0.4) is 0 Å². The van der Waals surface area contributed by atoms with Crippen molar-refractivity contribution in [1.82, 2.24) is 9.21 Å². The van der Waals surface area contributed by atoms with E-state index in [2.05, 4.69) is 0 Å². The van der Waals surface area contributed by atoms with E-state index in [0.29, 0.717) is 31.6 Å². The number of nitrogens with zero attached hydrogens (tertiary/aromatic N) is 2. The lowest BCUT2D eigenvalue weighted by atomic mass is 9.98. The van der Waals surface area contributed by atoms with Crippen LogP contribution in [0.2, 0.25) is 0 Å². The molecule has 0 amide bonds. The molecule has 0 aromatic heterocycles. The molecular formula is C24H30N2O5S. The molecule has 0 bridgehead atoms. The van der Waals surface area contributed by atoms with Crippen LogP contribution in [0.1, 0.15) is 35.7 Å². The van der Waals surface area contributed by atoms with E-state index in [1.807, 2.05) is 42.3 Å². The van der Waals surface area contributed by atoms with Crippen LogP contribution >= 0.6 is 0 Å². The van der Waals surface area contributed by atoms with Crippen molar-refractivity contribution in [3.8, 4) is 0 Å². The molecule has 1 aliphatic rings. The summed E-state index contributed by atoms with van der Waals surface area (Å²) in [6, 6.07) is 16.1. The first-order valence-electron chi connectivity index (χ1n) is 10.8. The molecule has 1 aliphatic heterocycles. The summed E-state index contributed by atoms with van der Waals surface area (Å²) in [5.74, 6) is -0.673. The van der Waals surface area contributed by atoms with Crippen molar-refractivity contribution in [2.24, 2.45) is 5.92 Å². The van der Waals surface area contributed by atoms with Crippen molar-refractivity contribution in [3.63, 3.8) is 0 Å². The zero-order valence-electron chi connectivity index (χ0n) is 18.6. The second-order valence-corrected chi connectivity index (χ2v) is 9.98. The molecule has 0 N–H and O–H groups in total. The van der Waals surface area contributed by atoms with E-state index < -0.39 is 10.0 Å². The third-order valence-electron chi connectivity index (χ3n) is 5.58. The lowest BCUT2D eigenvalue weighted by Gasteiger charge is -2.30. The molecule has 0 spiro atoms. The third kappa shape index (κ3) is 6.03. The Bertz CT molecular complexity index is 1030. The number of sulfonamides is 1. The van der Waals surface area contributed by atoms with Crippen molar-refractivity contribution in [2.45, 2.75) is 31.2 Å². The molecule has 0 atom stereocenters. The van der Waals surface area contributed by atoms with E-state index >= 15 is 0 Å². The van der Waals surface area contributed by atoms with Gasteiger partial charge >= 0.3 is 5.97 Å². The summed E-state index contributed by atoms with van der Waals surface area (Å²) < 4.78 is 32.7. The lowest BCUT2D eigenvalue weighted by Crippen LogP contribution is -2.40. The first-order valence-corrected chi connectivity index (χ1v) is 12.3. The van der Waals surface area contributed by atoms with Gasteiger partial charge < -0.3 is 4.74 Å². The minimum absolute atomic E-state index is 0.101. The third-order valence-corrected chi connectivity index (χ3v) is 7.47. The maximum Gasteiger partial charge on any atom is 0.309 e. The number of carbonyl (C=O) groups is 2. The summed E-state index contributed by atoms with van der Waals surface area (Å²) >= 11 is 0.